The van der Waals surface area contributed by atoms with Crippen molar-refractivity contribution in [3.05, 3.63) is 83.0 Å². The van der Waals surface area contributed by atoms with Crippen molar-refractivity contribution in [2.45, 2.75) is 36.9 Å². The molecule has 0 saturated carbocycles. The first-order chi connectivity index (χ1) is 20.9. The number of carbonyl (C=O) groups is 1. The number of ether oxygens (including phenoxy) is 1. The minimum atomic E-state index is -0.878. The van der Waals surface area contributed by atoms with Gasteiger partial charge in [-0.2, -0.15) is 4.98 Å². The number of anilines is 3. The van der Waals surface area contributed by atoms with E-state index in [1.54, 1.807) is 4.52 Å². The number of carbonyl (C=O) groups excluding carboxylic acids is 1. The highest BCUT2D eigenvalue weighted by Gasteiger charge is 2.39. The molecular formula is C32H36ClN7O3. The molecule has 3 aliphatic rings. The lowest BCUT2D eigenvalue weighted by atomic mass is 9.84. The molecule has 5 heterocycles. The van der Waals surface area contributed by atoms with E-state index in [4.69, 9.17) is 21.3 Å². The van der Waals surface area contributed by atoms with Gasteiger partial charge >= 0.3 is 0 Å². The Kier molecular flexibility index (Phi) is 7.46. The van der Waals surface area contributed by atoms with Gasteiger partial charge in [0, 0.05) is 42.1 Å². The number of nitrogens with zero attached hydrogens (tertiary/aromatic N) is 5. The Morgan fingerprint density at radius 2 is 1.72 bits per heavy atom. The summed E-state index contributed by atoms with van der Waals surface area (Å²) in [5.41, 5.74) is 2.97. The fourth-order valence-electron chi connectivity index (χ4n) is 6.57. The summed E-state index contributed by atoms with van der Waals surface area (Å²) in [6, 6.07) is 19.0. The van der Waals surface area contributed by atoms with Crippen molar-refractivity contribution in [1.29, 1.82) is 0 Å². The third-order valence-electron chi connectivity index (χ3n) is 9.09. The van der Waals surface area contributed by atoms with Gasteiger partial charge in [0.15, 0.2) is 5.65 Å². The molecule has 4 aromatic rings. The lowest BCUT2D eigenvalue weighted by Gasteiger charge is -2.45. The summed E-state index contributed by atoms with van der Waals surface area (Å²) in [5.74, 6) is 0.509. The summed E-state index contributed by atoms with van der Waals surface area (Å²) in [5, 5.41) is 23.3. The van der Waals surface area contributed by atoms with Crippen LogP contribution in [0.3, 0.4) is 0 Å². The van der Waals surface area contributed by atoms with Gasteiger partial charge in [-0.15, -0.1) is 5.10 Å². The van der Waals surface area contributed by atoms with Gasteiger partial charge in [0.2, 0.25) is 5.95 Å². The maximum atomic E-state index is 13.3. The Morgan fingerprint density at radius 3 is 2.47 bits per heavy atom. The molecule has 10 nitrogen and oxygen atoms in total. The van der Waals surface area contributed by atoms with Crippen LogP contribution in [0.1, 0.15) is 41.6 Å². The van der Waals surface area contributed by atoms with Gasteiger partial charge in [-0.05, 0) is 92.9 Å². The molecule has 2 aromatic carbocycles. The minimum absolute atomic E-state index is 0.0350. The highest BCUT2D eigenvalue weighted by atomic mass is 35.5. The molecule has 0 aliphatic carbocycles. The number of piperidine rings is 2. The second-order valence-electron chi connectivity index (χ2n) is 11.8. The van der Waals surface area contributed by atoms with Crippen molar-refractivity contribution in [1.82, 2.24) is 24.8 Å². The standard InChI is InChI=1S/C32H36ClN7O3/c33-25-7-5-24(6-8-25)32(42)13-18-38(19-14-32)27-2-1-17-40-28(27)36-30(37-40)35-26-9-3-23(4-10-26)29(41)39-20-21-43-31(22-39)11-15-34-16-12-31/h1-10,17,34,42H,11-16,18-22H2,(H,35,37). The van der Waals surface area contributed by atoms with Gasteiger partial charge in [-0.3, -0.25) is 4.79 Å². The summed E-state index contributed by atoms with van der Waals surface area (Å²) < 4.78 is 7.90. The van der Waals surface area contributed by atoms with Crippen molar-refractivity contribution in [3.8, 4) is 0 Å². The van der Waals surface area contributed by atoms with Gasteiger partial charge in [-0.1, -0.05) is 23.7 Å². The molecule has 0 bridgehead atoms. The lowest BCUT2D eigenvalue weighted by Crippen LogP contribution is -2.57. The SMILES string of the molecule is O=C(c1ccc(Nc2nc3c(N4CCC(O)(c5ccc(Cl)cc5)CC4)cccn3n2)cc1)N1CCOC2(CCNCC2)C1. The van der Waals surface area contributed by atoms with Gasteiger partial charge < -0.3 is 30.3 Å². The zero-order valence-corrected chi connectivity index (χ0v) is 24.8. The highest BCUT2D eigenvalue weighted by Crippen LogP contribution is 2.36. The van der Waals surface area contributed by atoms with Crippen LogP contribution in [0.2, 0.25) is 5.02 Å². The Morgan fingerprint density at radius 1 is 0.977 bits per heavy atom. The van der Waals surface area contributed by atoms with Crippen LogP contribution in [-0.2, 0) is 10.3 Å². The molecule has 0 unspecified atom stereocenters. The number of hydrogen-bond acceptors (Lipinski definition) is 8. The van der Waals surface area contributed by atoms with Crippen LogP contribution in [0.5, 0.6) is 0 Å². The van der Waals surface area contributed by atoms with Gasteiger partial charge in [0.05, 0.1) is 30.0 Å². The maximum absolute atomic E-state index is 13.3. The number of amides is 1. The highest BCUT2D eigenvalue weighted by molar-refractivity contribution is 6.30. The van der Waals surface area contributed by atoms with Crippen LogP contribution < -0.4 is 15.5 Å². The molecule has 11 heteroatoms. The Labute approximate surface area is 255 Å². The number of halogens is 1. The van der Waals surface area contributed by atoms with Crippen molar-refractivity contribution in [2.75, 3.05) is 56.1 Å². The number of morpholine rings is 1. The zero-order chi connectivity index (χ0) is 29.4. The number of aromatic nitrogens is 3. The molecule has 1 spiro atoms. The van der Waals surface area contributed by atoms with E-state index in [0.29, 0.717) is 62.2 Å². The minimum Gasteiger partial charge on any atom is -0.385 e. The largest absolute Gasteiger partial charge is 0.385 e. The second-order valence-corrected chi connectivity index (χ2v) is 12.3. The van der Waals surface area contributed by atoms with Crippen LogP contribution in [0.25, 0.3) is 5.65 Å². The molecule has 3 fully saturated rings. The van der Waals surface area contributed by atoms with E-state index >= 15 is 0 Å². The van der Waals surface area contributed by atoms with Crippen molar-refractivity contribution >= 4 is 40.5 Å². The quantitative estimate of drug-likeness (QED) is 0.312. The average molecular weight is 602 g/mol. The number of aliphatic hydroxyl groups is 1. The smallest absolute Gasteiger partial charge is 0.254 e. The second kappa shape index (κ2) is 11.4. The molecule has 7 rings (SSSR count). The van der Waals surface area contributed by atoms with Crippen LogP contribution in [-0.4, -0.2) is 82.0 Å². The summed E-state index contributed by atoms with van der Waals surface area (Å²) in [6.45, 7) is 5.04. The lowest BCUT2D eigenvalue weighted by molar-refractivity contribution is -0.114. The van der Waals surface area contributed by atoms with E-state index in [-0.39, 0.29) is 11.5 Å². The average Bonchev–Trinajstić information content (AvgIpc) is 3.45. The number of rotatable bonds is 5. The molecule has 3 aliphatic heterocycles. The van der Waals surface area contributed by atoms with Crippen molar-refractivity contribution < 1.29 is 14.6 Å². The van der Waals surface area contributed by atoms with Crippen LogP contribution in [0.4, 0.5) is 17.3 Å². The number of fused-ring (bicyclic) bond motifs is 1. The first-order valence-corrected chi connectivity index (χ1v) is 15.4. The van der Waals surface area contributed by atoms with E-state index < -0.39 is 5.60 Å². The monoisotopic (exact) mass is 601 g/mol. The number of hydrogen-bond donors (Lipinski definition) is 3. The third-order valence-corrected chi connectivity index (χ3v) is 9.35. The molecule has 1 amide bonds. The van der Waals surface area contributed by atoms with E-state index in [2.05, 4.69) is 20.6 Å². The summed E-state index contributed by atoms with van der Waals surface area (Å²) in [4.78, 5) is 22.3. The molecule has 3 N–H and O–H groups in total. The first kappa shape index (κ1) is 28.1. The van der Waals surface area contributed by atoms with Gasteiger partial charge in [-0.25, -0.2) is 4.52 Å². The normalized spacial score (nSPS) is 20.0. The third kappa shape index (κ3) is 5.68. The van der Waals surface area contributed by atoms with E-state index in [9.17, 15) is 9.90 Å². The predicted molar refractivity (Wildman–Crippen MR) is 166 cm³/mol. The van der Waals surface area contributed by atoms with E-state index in [1.165, 1.54) is 0 Å². The molecule has 0 radical (unpaired) electrons. The number of benzene rings is 2. The van der Waals surface area contributed by atoms with Crippen LogP contribution >= 0.6 is 11.6 Å². The first-order valence-electron chi connectivity index (χ1n) is 15.0. The molecular weight excluding hydrogens is 566 g/mol. The zero-order valence-electron chi connectivity index (χ0n) is 24.0. The van der Waals surface area contributed by atoms with Crippen molar-refractivity contribution in [3.63, 3.8) is 0 Å². The summed E-state index contributed by atoms with van der Waals surface area (Å²) >= 11 is 6.05. The predicted octanol–water partition coefficient (Wildman–Crippen LogP) is 4.21. The Bertz CT molecular complexity index is 1590. The fraction of sp³-hybridized carbons (Fsp3) is 0.406. The molecule has 0 atom stereocenters. The van der Waals surface area contributed by atoms with Crippen molar-refractivity contribution in [2.24, 2.45) is 0 Å². The topological polar surface area (TPSA) is 107 Å². The maximum Gasteiger partial charge on any atom is 0.254 e. The molecule has 3 saturated heterocycles. The Hall–Kier alpha value is -3.70. The van der Waals surface area contributed by atoms with E-state index in [1.807, 2.05) is 71.8 Å². The van der Waals surface area contributed by atoms with Gasteiger partial charge in [0.25, 0.3) is 5.91 Å². The number of nitrogens with one attached hydrogen (secondary N) is 2. The Balaban J connectivity index is 1.02. The van der Waals surface area contributed by atoms with Crippen LogP contribution in [0, 0.1) is 0 Å². The van der Waals surface area contributed by atoms with E-state index in [0.717, 1.165) is 48.5 Å². The van der Waals surface area contributed by atoms with Crippen LogP contribution in [0.15, 0.2) is 66.9 Å². The molecule has 2 aromatic heterocycles. The molecule has 43 heavy (non-hydrogen) atoms. The fourth-order valence-corrected chi connectivity index (χ4v) is 6.70. The molecule has 224 valence electrons. The number of pyridine rings is 1. The van der Waals surface area contributed by atoms with Gasteiger partial charge in [0.1, 0.15) is 0 Å². The summed E-state index contributed by atoms with van der Waals surface area (Å²) in [7, 11) is 0. The summed E-state index contributed by atoms with van der Waals surface area (Å²) in [6.07, 6.45) is 4.93.